The molecule has 0 aliphatic heterocycles. The lowest BCUT2D eigenvalue weighted by Gasteiger charge is -2.23. The van der Waals surface area contributed by atoms with Crippen LogP contribution in [0.15, 0.2) is 78.9 Å². The second kappa shape index (κ2) is 10.4. The van der Waals surface area contributed by atoms with Crippen molar-refractivity contribution in [1.82, 2.24) is 10.6 Å². The first-order valence-corrected chi connectivity index (χ1v) is 10.3. The maximum atomic E-state index is 12.9. The van der Waals surface area contributed by atoms with Crippen molar-refractivity contribution in [2.24, 2.45) is 0 Å². The molecule has 0 saturated heterocycles. The van der Waals surface area contributed by atoms with Crippen LogP contribution in [0.25, 0.3) is 0 Å². The summed E-state index contributed by atoms with van der Waals surface area (Å²) in [6.45, 7) is 5.63. The minimum Gasteiger partial charge on any atom is -0.484 e. The van der Waals surface area contributed by atoms with Crippen LogP contribution in [0.4, 0.5) is 0 Å². The predicted octanol–water partition coefficient (Wildman–Crippen LogP) is 4.09. The van der Waals surface area contributed by atoms with Crippen LogP contribution >= 0.6 is 0 Å². The lowest BCUT2D eigenvalue weighted by atomic mass is 9.95. The molecule has 2 N–H and O–H groups in total. The van der Waals surface area contributed by atoms with E-state index in [2.05, 4.69) is 36.6 Å². The van der Waals surface area contributed by atoms with Crippen LogP contribution in [0.5, 0.6) is 5.75 Å². The highest BCUT2D eigenvalue weighted by molar-refractivity contribution is 5.88. The van der Waals surface area contributed by atoms with Gasteiger partial charge in [-0.25, -0.2) is 0 Å². The van der Waals surface area contributed by atoms with Crippen molar-refractivity contribution in [1.29, 1.82) is 0 Å². The number of hydrogen-bond donors (Lipinski definition) is 2. The van der Waals surface area contributed by atoms with Gasteiger partial charge in [-0.3, -0.25) is 9.59 Å². The van der Waals surface area contributed by atoms with Gasteiger partial charge in [0.1, 0.15) is 11.8 Å². The molecule has 5 nitrogen and oxygen atoms in total. The highest BCUT2D eigenvalue weighted by Crippen LogP contribution is 2.24. The number of ether oxygens (including phenoxy) is 1. The third kappa shape index (κ3) is 6.19. The lowest BCUT2D eigenvalue weighted by molar-refractivity contribution is -0.129. The maximum Gasteiger partial charge on any atom is 0.258 e. The molecule has 2 unspecified atom stereocenters. The SMILES string of the molecule is Cc1ccc(C(NC(=O)C(C)NC(=O)COc2ccccc2)c2ccccc2)cc1C. The number of nitrogens with one attached hydrogen (secondary N) is 2. The van der Waals surface area contributed by atoms with Gasteiger partial charge >= 0.3 is 0 Å². The third-order valence-electron chi connectivity index (χ3n) is 5.17. The van der Waals surface area contributed by atoms with E-state index in [1.807, 2.05) is 54.6 Å². The summed E-state index contributed by atoms with van der Waals surface area (Å²) < 4.78 is 5.45. The van der Waals surface area contributed by atoms with Gasteiger partial charge in [-0.1, -0.05) is 66.7 Å². The standard InChI is InChI=1S/C26H28N2O3/c1-18-14-15-22(16-19(18)2)25(21-10-6-4-7-11-21)28-26(30)20(3)27-24(29)17-31-23-12-8-5-9-13-23/h4-16,20,25H,17H2,1-3H3,(H,27,29)(H,28,30). The van der Waals surface area contributed by atoms with Gasteiger partial charge < -0.3 is 15.4 Å². The highest BCUT2D eigenvalue weighted by atomic mass is 16.5. The molecule has 0 saturated carbocycles. The Hall–Kier alpha value is -3.60. The van der Waals surface area contributed by atoms with Crippen LogP contribution in [0, 0.1) is 13.8 Å². The molecule has 5 heteroatoms. The highest BCUT2D eigenvalue weighted by Gasteiger charge is 2.22. The number of benzene rings is 3. The number of para-hydroxylation sites is 1. The number of hydrogen-bond acceptors (Lipinski definition) is 3. The number of rotatable bonds is 8. The Balaban J connectivity index is 1.66. The summed E-state index contributed by atoms with van der Waals surface area (Å²) in [4.78, 5) is 25.1. The molecule has 0 radical (unpaired) electrons. The van der Waals surface area contributed by atoms with E-state index in [0.29, 0.717) is 5.75 Å². The van der Waals surface area contributed by atoms with Gasteiger partial charge in [0, 0.05) is 0 Å². The third-order valence-corrected chi connectivity index (χ3v) is 5.17. The van der Waals surface area contributed by atoms with Crippen molar-refractivity contribution >= 4 is 11.8 Å². The Labute approximate surface area is 183 Å². The predicted molar refractivity (Wildman–Crippen MR) is 122 cm³/mol. The van der Waals surface area contributed by atoms with Gasteiger partial charge in [-0.05, 0) is 55.2 Å². The Morgan fingerprint density at radius 3 is 2.10 bits per heavy atom. The van der Waals surface area contributed by atoms with E-state index < -0.39 is 6.04 Å². The molecule has 0 fully saturated rings. The quantitative estimate of drug-likeness (QED) is 0.581. The van der Waals surface area contributed by atoms with E-state index in [1.54, 1.807) is 19.1 Å². The molecule has 0 heterocycles. The van der Waals surface area contributed by atoms with Crippen LogP contribution < -0.4 is 15.4 Å². The van der Waals surface area contributed by atoms with E-state index in [1.165, 1.54) is 5.56 Å². The second-order valence-corrected chi connectivity index (χ2v) is 7.59. The van der Waals surface area contributed by atoms with Crippen LogP contribution in [-0.2, 0) is 9.59 Å². The number of carbonyl (C=O) groups is 2. The van der Waals surface area contributed by atoms with E-state index in [-0.39, 0.29) is 24.5 Å². The molecule has 160 valence electrons. The van der Waals surface area contributed by atoms with Gasteiger partial charge in [0.15, 0.2) is 6.61 Å². The number of amides is 2. The summed E-state index contributed by atoms with van der Waals surface area (Å²) in [6, 6.07) is 24.0. The zero-order valence-corrected chi connectivity index (χ0v) is 18.1. The minimum absolute atomic E-state index is 0.152. The molecule has 3 rings (SSSR count). The van der Waals surface area contributed by atoms with Gasteiger partial charge in [-0.15, -0.1) is 0 Å². The van der Waals surface area contributed by atoms with Crippen molar-refractivity contribution in [3.8, 4) is 5.75 Å². The fraction of sp³-hybridized carbons (Fsp3) is 0.231. The van der Waals surface area contributed by atoms with Gasteiger partial charge in [0.2, 0.25) is 5.91 Å². The largest absolute Gasteiger partial charge is 0.484 e. The fourth-order valence-electron chi connectivity index (χ4n) is 3.23. The monoisotopic (exact) mass is 416 g/mol. The molecule has 31 heavy (non-hydrogen) atoms. The van der Waals surface area contributed by atoms with Crippen LogP contribution in [-0.4, -0.2) is 24.5 Å². The topological polar surface area (TPSA) is 67.4 Å². The van der Waals surface area contributed by atoms with Crippen molar-refractivity contribution in [3.63, 3.8) is 0 Å². The number of carbonyl (C=O) groups excluding carboxylic acids is 2. The summed E-state index contributed by atoms with van der Waals surface area (Å²) in [7, 11) is 0. The lowest BCUT2D eigenvalue weighted by Crippen LogP contribution is -2.47. The van der Waals surface area contributed by atoms with Crippen molar-refractivity contribution < 1.29 is 14.3 Å². The Morgan fingerprint density at radius 2 is 1.45 bits per heavy atom. The molecule has 0 bridgehead atoms. The molecule has 0 aliphatic rings. The molecular weight excluding hydrogens is 388 g/mol. The molecule has 3 aromatic rings. The Morgan fingerprint density at radius 1 is 0.806 bits per heavy atom. The summed E-state index contributed by atoms with van der Waals surface area (Å²) in [6.07, 6.45) is 0. The smallest absolute Gasteiger partial charge is 0.258 e. The van der Waals surface area contributed by atoms with Crippen molar-refractivity contribution in [2.45, 2.75) is 32.9 Å². The molecular formula is C26H28N2O3. The van der Waals surface area contributed by atoms with E-state index in [9.17, 15) is 9.59 Å². The van der Waals surface area contributed by atoms with Crippen molar-refractivity contribution in [2.75, 3.05) is 6.61 Å². The van der Waals surface area contributed by atoms with Gasteiger partial charge in [0.05, 0.1) is 6.04 Å². The molecule has 0 aliphatic carbocycles. The fourth-order valence-corrected chi connectivity index (χ4v) is 3.23. The second-order valence-electron chi connectivity index (χ2n) is 7.59. The first kappa shape index (κ1) is 22.1. The maximum absolute atomic E-state index is 12.9. The minimum atomic E-state index is -0.704. The Kier molecular flexibility index (Phi) is 7.44. The first-order chi connectivity index (χ1) is 14.9. The summed E-state index contributed by atoms with van der Waals surface area (Å²) in [5, 5.41) is 5.78. The average Bonchev–Trinajstić information content (AvgIpc) is 2.79. The number of aryl methyl sites for hydroxylation is 2. The van der Waals surface area contributed by atoms with E-state index >= 15 is 0 Å². The summed E-state index contributed by atoms with van der Waals surface area (Å²) in [5.74, 6) is -0.0114. The van der Waals surface area contributed by atoms with Crippen LogP contribution in [0.1, 0.15) is 35.2 Å². The van der Waals surface area contributed by atoms with Gasteiger partial charge in [0.25, 0.3) is 5.91 Å². The van der Waals surface area contributed by atoms with E-state index in [4.69, 9.17) is 4.74 Å². The zero-order chi connectivity index (χ0) is 22.2. The van der Waals surface area contributed by atoms with Crippen LogP contribution in [0.3, 0.4) is 0 Å². The van der Waals surface area contributed by atoms with Crippen molar-refractivity contribution in [3.05, 3.63) is 101 Å². The molecule has 0 aromatic heterocycles. The van der Waals surface area contributed by atoms with Gasteiger partial charge in [-0.2, -0.15) is 0 Å². The molecule has 0 spiro atoms. The molecule has 3 aromatic carbocycles. The first-order valence-electron chi connectivity index (χ1n) is 10.3. The van der Waals surface area contributed by atoms with E-state index in [0.717, 1.165) is 16.7 Å². The zero-order valence-electron chi connectivity index (χ0n) is 18.1. The molecule has 2 atom stereocenters. The molecule has 2 amide bonds. The average molecular weight is 417 g/mol. The summed E-state index contributed by atoms with van der Waals surface area (Å²) in [5.41, 5.74) is 4.33. The van der Waals surface area contributed by atoms with Crippen LogP contribution in [0.2, 0.25) is 0 Å². The normalized spacial score (nSPS) is 12.5. The Bertz CT molecular complexity index is 1020. The summed E-state index contributed by atoms with van der Waals surface area (Å²) >= 11 is 0.